The molecule has 0 aliphatic carbocycles. The Morgan fingerprint density at radius 1 is 1.11 bits per heavy atom. The Morgan fingerprint density at radius 2 is 1.83 bits per heavy atom. The molecular formula is C32H30F3N7O3S. The Kier molecular flexibility index (Phi) is 9.81. The van der Waals surface area contributed by atoms with Crippen LogP contribution >= 0.6 is 11.8 Å². The molecule has 0 spiro atoms. The van der Waals surface area contributed by atoms with Gasteiger partial charge in [0.05, 0.1) is 24.8 Å². The third-order valence-electron chi connectivity index (χ3n) is 7.14. The maximum Gasteiger partial charge on any atom is 0.573 e. The molecule has 10 nitrogen and oxygen atoms in total. The lowest BCUT2D eigenvalue weighted by molar-refractivity contribution is -0.274. The fourth-order valence-electron chi connectivity index (χ4n) is 4.83. The molecule has 1 N–H and O–H groups in total. The minimum absolute atomic E-state index is 0.0630. The van der Waals surface area contributed by atoms with Crippen LogP contribution in [0.25, 0.3) is 17.1 Å². The first-order chi connectivity index (χ1) is 22.0. The number of nitrogens with one attached hydrogen (secondary N) is 1. The Hall–Kier alpha value is -5.03. The molecular weight excluding hydrogens is 619 g/mol. The molecule has 1 aliphatic rings. The molecule has 0 bridgehead atoms. The average molecular weight is 650 g/mol. The average Bonchev–Trinajstić information content (AvgIpc) is 3.71. The summed E-state index contributed by atoms with van der Waals surface area (Å²) in [5.74, 6) is 1.19. The van der Waals surface area contributed by atoms with Gasteiger partial charge in [-0.25, -0.2) is 14.5 Å². The van der Waals surface area contributed by atoms with Gasteiger partial charge >= 0.3 is 12.4 Å². The van der Waals surface area contributed by atoms with Gasteiger partial charge in [0.1, 0.15) is 17.8 Å². The first-order valence-electron chi connectivity index (χ1n) is 14.3. The van der Waals surface area contributed by atoms with E-state index in [0.29, 0.717) is 34.4 Å². The highest BCUT2D eigenvalue weighted by Crippen LogP contribution is 2.35. The number of ether oxygens (including phenoxy) is 2. The van der Waals surface area contributed by atoms with Gasteiger partial charge in [0.2, 0.25) is 0 Å². The third kappa shape index (κ3) is 7.78. The number of hydrogen-bond donors (Lipinski definition) is 1. The van der Waals surface area contributed by atoms with Crippen LogP contribution in [0.3, 0.4) is 0 Å². The molecule has 3 aromatic carbocycles. The number of aromatic nitrogens is 3. The summed E-state index contributed by atoms with van der Waals surface area (Å²) in [5, 5.41) is 17.6. The quantitative estimate of drug-likeness (QED) is 0.208. The molecule has 1 fully saturated rings. The minimum Gasteiger partial charge on any atom is -0.497 e. The standard InChI is InChI=1S/C32H30F3N7O3S/c1-20(2)27-13-12-26(44-3)16-28(27)41-14-15-46-31(41)39-30(43)37-18-23(17-36)21-4-6-22(7-5-21)29-38-19-42(40-29)24-8-10-25(11-9-24)45-32(33,34)35/h4-13,16,19-20,23H,14-15,18H2,1-3H3,(H,37,43). The van der Waals surface area contributed by atoms with Gasteiger partial charge in [-0.1, -0.05) is 55.9 Å². The molecule has 1 saturated heterocycles. The van der Waals surface area contributed by atoms with Crippen molar-refractivity contribution >= 4 is 28.6 Å². The van der Waals surface area contributed by atoms with E-state index in [-0.39, 0.29) is 18.2 Å². The number of halogens is 3. The van der Waals surface area contributed by atoms with Gasteiger partial charge in [0.25, 0.3) is 0 Å². The topological polar surface area (TPSA) is 118 Å². The van der Waals surface area contributed by atoms with Crippen molar-refractivity contribution in [3.8, 4) is 34.6 Å². The Morgan fingerprint density at radius 3 is 2.48 bits per heavy atom. The molecule has 0 saturated carbocycles. The number of nitrogens with zero attached hydrogens (tertiary/aromatic N) is 6. The van der Waals surface area contributed by atoms with Crippen LogP contribution in [0, 0.1) is 11.3 Å². The van der Waals surface area contributed by atoms with Gasteiger partial charge in [0, 0.05) is 36.2 Å². The predicted octanol–water partition coefficient (Wildman–Crippen LogP) is 6.89. The van der Waals surface area contributed by atoms with Gasteiger partial charge in [-0.2, -0.15) is 10.3 Å². The number of hydrogen-bond acceptors (Lipinski definition) is 7. The minimum atomic E-state index is -4.77. The largest absolute Gasteiger partial charge is 0.573 e. The maximum atomic E-state index is 12.9. The smallest absolute Gasteiger partial charge is 0.497 e. The van der Waals surface area contributed by atoms with Crippen LogP contribution in [-0.2, 0) is 0 Å². The van der Waals surface area contributed by atoms with Gasteiger partial charge in [0.15, 0.2) is 11.0 Å². The highest BCUT2D eigenvalue weighted by molar-refractivity contribution is 8.14. The number of alkyl halides is 3. The number of carbonyl (C=O) groups excluding carboxylic acids is 1. The Labute approximate surface area is 267 Å². The second-order valence-corrected chi connectivity index (χ2v) is 11.6. The molecule has 0 radical (unpaired) electrons. The molecule has 2 heterocycles. The number of aliphatic imine (C=N–C) groups is 1. The van der Waals surface area contributed by atoms with E-state index in [0.717, 1.165) is 22.8 Å². The van der Waals surface area contributed by atoms with Crippen LogP contribution in [0.2, 0.25) is 0 Å². The molecule has 1 atom stereocenters. The molecule has 46 heavy (non-hydrogen) atoms. The van der Waals surface area contributed by atoms with Crippen LogP contribution in [0.1, 0.15) is 36.8 Å². The fraction of sp³-hybridized carbons (Fsp3) is 0.281. The van der Waals surface area contributed by atoms with Crippen molar-refractivity contribution < 1.29 is 27.4 Å². The number of anilines is 1. The lowest BCUT2D eigenvalue weighted by Gasteiger charge is -2.23. The maximum absolute atomic E-state index is 12.9. The number of amides is 2. The highest BCUT2D eigenvalue weighted by Gasteiger charge is 2.31. The molecule has 14 heteroatoms. The molecule has 4 aromatic rings. The van der Waals surface area contributed by atoms with E-state index < -0.39 is 18.3 Å². The number of thioether (sulfide) groups is 1. The second-order valence-electron chi connectivity index (χ2n) is 10.5. The van der Waals surface area contributed by atoms with E-state index in [4.69, 9.17) is 4.74 Å². The van der Waals surface area contributed by atoms with Gasteiger partial charge in [-0.3, -0.25) is 0 Å². The van der Waals surface area contributed by atoms with Crippen molar-refractivity contribution in [2.24, 2.45) is 4.99 Å². The van der Waals surface area contributed by atoms with Crippen molar-refractivity contribution in [3.63, 3.8) is 0 Å². The van der Waals surface area contributed by atoms with Crippen LogP contribution in [-0.4, -0.2) is 58.3 Å². The number of urea groups is 1. The monoisotopic (exact) mass is 649 g/mol. The van der Waals surface area contributed by atoms with E-state index in [2.05, 4.69) is 45.0 Å². The highest BCUT2D eigenvalue weighted by atomic mass is 32.2. The number of carbonyl (C=O) groups is 1. The first kappa shape index (κ1) is 32.4. The molecule has 2 amide bonds. The summed E-state index contributed by atoms with van der Waals surface area (Å²) in [6.07, 6.45) is -3.33. The van der Waals surface area contributed by atoms with Crippen LogP contribution < -0.4 is 19.7 Å². The van der Waals surface area contributed by atoms with Gasteiger partial charge in [-0.15, -0.1) is 18.3 Å². The zero-order valence-corrected chi connectivity index (χ0v) is 26.0. The normalized spacial score (nSPS) is 14.7. The van der Waals surface area contributed by atoms with Crippen molar-refractivity contribution in [3.05, 3.63) is 84.2 Å². The van der Waals surface area contributed by atoms with Crippen molar-refractivity contribution in [1.29, 1.82) is 5.26 Å². The van der Waals surface area contributed by atoms with E-state index in [1.54, 1.807) is 31.4 Å². The summed E-state index contributed by atoms with van der Waals surface area (Å²) >= 11 is 1.50. The summed E-state index contributed by atoms with van der Waals surface area (Å²) in [4.78, 5) is 23.5. The van der Waals surface area contributed by atoms with E-state index in [1.807, 2.05) is 23.1 Å². The summed E-state index contributed by atoms with van der Waals surface area (Å²) in [6.45, 7) is 4.98. The zero-order chi connectivity index (χ0) is 32.8. The Balaban J connectivity index is 1.22. The number of rotatable bonds is 9. The summed E-state index contributed by atoms with van der Waals surface area (Å²) in [5.41, 5.74) is 3.93. The molecule has 238 valence electrons. The number of benzene rings is 3. The summed E-state index contributed by atoms with van der Waals surface area (Å²) in [6, 6.07) is 19.9. The predicted molar refractivity (Wildman–Crippen MR) is 170 cm³/mol. The van der Waals surface area contributed by atoms with E-state index >= 15 is 0 Å². The number of amidine groups is 1. The molecule has 5 rings (SSSR count). The van der Waals surface area contributed by atoms with Gasteiger partial charge in [-0.05, 0) is 47.4 Å². The second kappa shape index (κ2) is 13.9. The summed E-state index contributed by atoms with van der Waals surface area (Å²) in [7, 11) is 1.62. The van der Waals surface area contributed by atoms with E-state index in [9.17, 15) is 23.2 Å². The van der Waals surface area contributed by atoms with Crippen molar-refractivity contribution in [2.75, 3.05) is 30.9 Å². The first-order valence-corrected chi connectivity index (χ1v) is 15.3. The number of nitriles is 1. The summed E-state index contributed by atoms with van der Waals surface area (Å²) < 4.78 is 48.1. The van der Waals surface area contributed by atoms with Crippen LogP contribution in [0.4, 0.5) is 23.7 Å². The lowest BCUT2D eigenvalue weighted by atomic mass is 9.99. The van der Waals surface area contributed by atoms with Crippen molar-refractivity contribution in [1.82, 2.24) is 20.1 Å². The molecule has 1 aliphatic heterocycles. The van der Waals surface area contributed by atoms with Gasteiger partial charge < -0.3 is 19.7 Å². The Bertz CT molecular complexity index is 1750. The third-order valence-corrected chi connectivity index (χ3v) is 8.09. The van der Waals surface area contributed by atoms with Crippen LogP contribution in [0.15, 0.2) is 78.0 Å². The van der Waals surface area contributed by atoms with Crippen LogP contribution in [0.5, 0.6) is 11.5 Å². The molecule has 1 unspecified atom stereocenters. The number of methoxy groups -OCH3 is 1. The SMILES string of the molecule is COc1ccc(C(C)C)c(N2CCSC2=NC(=O)NCC(C#N)c2ccc(-c3ncn(-c4ccc(OC(F)(F)F)cc4)n3)cc2)c1. The lowest BCUT2D eigenvalue weighted by Crippen LogP contribution is -2.30. The molecule has 1 aromatic heterocycles. The van der Waals surface area contributed by atoms with Crippen molar-refractivity contribution in [2.45, 2.75) is 32.0 Å². The van der Waals surface area contributed by atoms with E-state index in [1.165, 1.54) is 47.0 Å². The fourth-order valence-corrected chi connectivity index (χ4v) is 5.78. The zero-order valence-electron chi connectivity index (χ0n) is 25.2.